The smallest absolute Gasteiger partial charge is 0.322 e. The number of amides is 4. The monoisotopic (exact) mass is 334 g/mol. The van der Waals surface area contributed by atoms with E-state index in [-0.39, 0.29) is 24.1 Å². The Bertz CT molecular complexity index is 658. The number of rotatable bonds is 4. The van der Waals surface area contributed by atoms with Gasteiger partial charge in [0, 0.05) is 38.3 Å². The van der Waals surface area contributed by atoms with Crippen molar-refractivity contribution in [2.24, 2.45) is 0 Å². The Morgan fingerprint density at radius 3 is 2.58 bits per heavy atom. The van der Waals surface area contributed by atoms with Gasteiger partial charge in [0.2, 0.25) is 5.91 Å². The molecule has 0 radical (unpaired) electrons. The summed E-state index contributed by atoms with van der Waals surface area (Å²) in [5.74, 6) is -0.700. The second-order valence-electron chi connectivity index (χ2n) is 5.90. The molecule has 2 saturated heterocycles. The van der Waals surface area contributed by atoms with Crippen LogP contribution in [0.15, 0.2) is 24.3 Å². The molecule has 7 nitrogen and oxygen atoms in total. The van der Waals surface area contributed by atoms with Gasteiger partial charge in [-0.15, -0.1) is 0 Å². The van der Waals surface area contributed by atoms with Gasteiger partial charge < -0.3 is 15.1 Å². The number of halogens is 1. The molecular weight excluding hydrogens is 315 g/mol. The molecule has 1 aromatic carbocycles. The van der Waals surface area contributed by atoms with Crippen molar-refractivity contribution in [2.75, 3.05) is 31.1 Å². The number of piperazine rings is 1. The number of urea groups is 1. The normalized spacial score (nSPS) is 20.8. The van der Waals surface area contributed by atoms with Crippen LogP contribution < -0.4 is 15.5 Å². The van der Waals surface area contributed by atoms with Crippen LogP contribution in [0.25, 0.3) is 0 Å². The average Bonchev–Trinajstić information content (AvgIpc) is 2.90. The van der Waals surface area contributed by atoms with Crippen LogP contribution in [0.5, 0.6) is 0 Å². The van der Waals surface area contributed by atoms with E-state index in [1.165, 1.54) is 12.1 Å². The van der Waals surface area contributed by atoms with Gasteiger partial charge in [0.15, 0.2) is 0 Å². The van der Waals surface area contributed by atoms with Crippen molar-refractivity contribution < 1.29 is 18.8 Å². The Hall–Kier alpha value is -2.64. The third-order valence-electron chi connectivity index (χ3n) is 4.31. The van der Waals surface area contributed by atoms with E-state index in [1.54, 1.807) is 11.0 Å². The summed E-state index contributed by atoms with van der Waals surface area (Å²) in [4.78, 5) is 38.5. The molecule has 1 atom stereocenters. The number of imide groups is 1. The summed E-state index contributed by atoms with van der Waals surface area (Å²) in [6.07, 6.45) is 0.499. The maximum absolute atomic E-state index is 13.3. The molecule has 128 valence electrons. The van der Waals surface area contributed by atoms with Gasteiger partial charge in [-0.1, -0.05) is 6.07 Å². The van der Waals surface area contributed by atoms with E-state index >= 15 is 0 Å². The first-order valence-electron chi connectivity index (χ1n) is 7.92. The van der Waals surface area contributed by atoms with E-state index in [2.05, 4.69) is 10.6 Å². The molecule has 2 N–H and O–H groups in total. The van der Waals surface area contributed by atoms with Crippen molar-refractivity contribution in [3.8, 4) is 0 Å². The molecule has 0 aromatic heterocycles. The molecule has 3 rings (SSSR count). The summed E-state index contributed by atoms with van der Waals surface area (Å²) >= 11 is 0. The molecule has 24 heavy (non-hydrogen) atoms. The van der Waals surface area contributed by atoms with Crippen LogP contribution in [0.4, 0.5) is 14.9 Å². The highest BCUT2D eigenvalue weighted by Gasteiger charge is 2.30. The van der Waals surface area contributed by atoms with E-state index in [4.69, 9.17) is 0 Å². The first kappa shape index (κ1) is 16.2. The van der Waals surface area contributed by atoms with Crippen LogP contribution in [0.1, 0.15) is 12.8 Å². The fourth-order valence-electron chi connectivity index (χ4n) is 2.97. The summed E-state index contributed by atoms with van der Waals surface area (Å²) in [6, 6.07) is 5.27. The quantitative estimate of drug-likeness (QED) is 0.784. The van der Waals surface area contributed by atoms with Crippen molar-refractivity contribution in [2.45, 2.75) is 18.9 Å². The summed E-state index contributed by atoms with van der Waals surface area (Å²) in [5, 5.41) is 4.63. The molecule has 0 spiro atoms. The number of hydrogen-bond acceptors (Lipinski definition) is 4. The Kier molecular flexibility index (Phi) is 4.64. The van der Waals surface area contributed by atoms with Crippen LogP contribution in [-0.4, -0.2) is 55.0 Å². The molecule has 2 heterocycles. The fourth-order valence-corrected chi connectivity index (χ4v) is 2.97. The molecule has 2 fully saturated rings. The fraction of sp³-hybridized carbons (Fsp3) is 0.438. The highest BCUT2D eigenvalue weighted by atomic mass is 19.1. The van der Waals surface area contributed by atoms with E-state index in [0.29, 0.717) is 32.6 Å². The van der Waals surface area contributed by atoms with Crippen molar-refractivity contribution in [1.82, 2.24) is 15.5 Å². The van der Waals surface area contributed by atoms with E-state index in [1.807, 2.05) is 11.0 Å². The summed E-state index contributed by atoms with van der Waals surface area (Å²) < 4.78 is 13.3. The van der Waals surface area contributed by atoms with E-state index in [0.717, 1.165) is 5.69 Å². The minimum atomic E-state index is -0.630. The Balaban J connectivity index is 1.47. The zero-order valence-corrected chi connectivity index (χ0v) is 13.1. The van der Waals surface area contributed by atoms with Crippen molar-refractivity contribution >= 4 is 23.5 Å². The number of hydrogen-bond donors (Lipinski definition) is 2. The van der Waals surface area contributed by atoms with Gasteiger partial charge in [0.25, 0.3) is 5.91 Å². The first-order chi connectivity index (χ1) is 11.5. The number of carbonyl (C=O) groups is 3. The predicted molar refractivity (Wildman–Crippen MR) is 84.9 cm³/mol. The van der Waals surface area contributed by atoms with Crippen LogP contribution in [-0.2, 0) is 9.59 Å². The first-order valence-corrected chi connectivity index (χ1v) is 7.92. The predicted octanol–water partition coefficient (Wildman–Crippen LogP) is 0.463. The Morgan fingerprint density at radius 1 is 1.21 bits per heavy atom. The van der Waals surface area contributed by atoms with Gasteiger partial charge in [-0.05, 0) is 24.6 Å². The molecule has 0 saturated carbocycles. The van der Waals surface area contributed by atoms with Crippen molar-refractivity contribution in [3.63, 3.8) is 0 Å². The topological polar surface area (TPSA) is 81.8 Å². The van der Waals surface area contributed by atoms with E-state index < -0.39 is 12.1 Å². The lowest BCUT2D eigenvalue weighted by Gasteiger charge is -2.36. The van der Waals surface area contributed by atoms with Gasteiger partial charge in [-0.25, -0.2) is 9.18 Å². The highest BCUT2D eigenvalue weighted by Crippen LogP contribution is 2.18. The van der Waals surface area contributed by atoms with Gasteiger partial charge in [0.05, 0.1) is 0 Å². The zero-order chi connectivity index (χ0) is 17.1. The number of anilines is 1. The third-order valence-corrected chi connectivity index (χ3v) is 4.31. The Morgan fingerprint density at radius 2 is 1.96 bits per heavy atom. The lowest BCUT2D eigenvalue weighted by atomic mass is 10.1. The number of benzene rings is 1. The second kappa shape index (κ2) is 6.86. The number of nitrogens with zero attached hydrogens (tertiary/aromatic N) is 2. The average molecular weight is 334 g/mol. The maximum atomic E-state index is 13.3. The van der Waals surface area contributed by atoms with Crippen LogP contribution in [0, 0.1) is 5.82 Å². The van der Waals surface area contributed by atoms with Gasteiger partial charge in [0.1, 0.15) is 11.9 Å². The molecule has 0 aliphatic carbocycles. The van der Waals surface area contributed by atoms with Crippen LogP contribution in [0.2, 0.25) is 0 Å². The van der Waals surface area contributed by atoms with Crippen LogP contribution in [0.3, 0.4) is 0 Å². The summed E-state index contributed by atoms with van der Waals surface area (Å²) in [5.41, 5.74) is 0.812. The van der Waals surface area contributed by atoms with Crippen molar-refractivity contribution in [3.05, 3.63) is 30.1 Å². The SMILES string of the molecule is O=C1NC(=O)C(CCC(=O)N2CCN(c3cccc(F)c3)CC2)N1. The number of nitrogens with one attached hydrogen (secondary N) is 2. The van der Waals surface area contributed by atoms with Gasteiger partial charge in [-0.2, -0.15) is 0 Å². The third kappa shape index (κ3) is 3.64. The minimum absolute atomic E-state index is 0.0390. The molecule has 1 unspecified atom stereocenters. The second-order valence-corrected chi connectivity index (χ2v) is 5.90. The zero-order valence-electron chi connectivity index (χ0n) is 13.1. The molecule has 1 aromatic rings. The van der Waals surface area contributed by atoms with Crippen molar-refractivity contribution in [1.29, 1.82) is 0 Å². The summed E-state index contributed by atoms with van der Waals surface area (Å²) in [6.45, 7) is 2.38. The van der Waals surface area contributed by atoms with Crippen LogP contribution >= 0.6 is 0 Å². The summed E-state index contributed by atoms with van der Waals surface area (Å²) in [7, 11) is 0. The molecule has 4 amide bonds. The van der Waals surface area contributed by atoms with Gasteiger partial charge >= 0.3 is 6.03 Å². The molecule has 0 bridgehead atoms. The standard InChI is InChI=1S/C16H19FN4O3/c17-11-2-1-3-12(10-11)20-6-8-21(9-7-20)14(22)5-4-13-15(23)19-16(24)18-13/h1-3,10,13H,4-9H2,(H2,18,19,23,24). The largest absolute Gasteiger partial charge is 0.368 e. The molecular formula is C16H19FN4O3. The number of carbonyl (C=O) groups excluding carboxylic acids is 3. The minimum Gasteiger partial charge on any atom is -0.368 e. The van der Waals surface area contributed by atoms with E-state index in [9.17, 15) is 18.8 Å². The molecule has 2 aliphatic heterocycles. The lowest BCUT2D eigenvalue weighted by Crippen LogP contribution is -2.49. The lowest BCUT2D eigenvalue weighted by molar-refractivity contribution is -0.131. The Labute approximate surface area is 138 Å². The molecule has 8 heteroatoms. The van der Waals surface area contributed by atoms with Gasteiger partial charge in [-0.3, -0.25) is 14.9 Å². The highest BCUT2D eigenvalue weighted by molar-refractivity contribution is 6.04. The maximum Gasteiger partial charge on any atom is 0.322 e. The molecule has 2 aliphatic rings.